The SMILES string of the molecule is COc1ccc2[nH]c3c(c2c1)CCN(C(=O)c1cc(Cl)ccc1F)[C@@H]3c1ccc(COC(C)=O)o1. The van der Waals surface area contributed by atoms with Crippen LogP contribution in [-0.2, 0) is 22.6 Å². The molecule has 0 aliphatic carbocycles. The van der Waals surface area contributed by atoms with Crippen molar-refractivity contribution in [1.29, 1.82) is 0 Å². The number of benzene rings is 2. The largest absolute Gasteiger partial charge is 0.497 e. The fraction of sp³-hybridized carbons (Fsp3) is 0.231. The fourth-order valence-corrected chi connectivity index (χ4v) is 4.69. The van der Waals surface area contributed by atoms with Gasteiger partial charge in [0.15, 0.2) is 0 Å². The summed E-state index contributed by atoms with van der Waals surface area (Å²) in [4.78, 5) is 29.8. The number of nitrogens with zero attached hydrogens (tertiary/aromatic N) is 1. The van der Waals surface area contributed by atoms with Crippen molar-refractivity contribution in [2.24, 2.45) is 0 Å². The van der Waals surface area contributed by atoms with Gasteiger partial charge >= 0.3 is 5.97 Å². The summed E-state index contributed by atoms with van der Waals surface area (Å²) in [5, 5.41) is 1.25. The highest BCUT2D eigenvalue weighted by atomic mass is 35.5. The van der Waals surface area contributed by atoms with Crippen LogP contribution >= 0.6 is 11.6 Å². The van der Waals surface area contributed by atoms with Crippen LogP contribution in [0.4, 0.5) is 4.39 Å². The molecule has 1 aliphatic rings. The van der Waals surface area contributed by atoms with E-state index in [0.717, 1.165) is 27.9 Å². The van der Waals surface area contributed by atoms with Crippen LogP contribution in [0.1, 0.15) is 46.1 Å². The van der Waals surface area contributed by atoms with E-state index in [2.05, 4.69) is 4.98 Å². The van der Waals surface area contributed by atoms with Crippen LogP contribution in [-0.4, -0.2) is 35.4 Å². The van der Waals surface area contributed by atoms with Gasteiger partial charge in [0.1, 0.15) is 35.7 Å². The lowest BCUT2D eigenvalue weighted by Crippen LogP contribution is -2.40. The van der Waals surface area contributed by atoms with Crippen LogP contribution in [0.15, 0.2) is 52.9 Å². The summed E-state index contributed by atoms with van der Waals surface area (Å²) in [5.41, 5.74) is 2.56. The van der Waals surface area contributed by atoms with Crippen molar-refractivity contribution in [2.45, 2.75) is 26.0 Å². The number of carbonyl (C=O) groups excluding carboxylic acids is 2. The summed E-state index contributed by atoms with van der Waals surface area (Å²) < 4.78 is 31.1. The highest BCUT2D eigenvalue weighted by Gasteiger charge is 2.37. The van der Waals surface area contributed by atoms with Gasteiger partial charge in [-0.25, -0.2) is 4.39 Å². The number of hydrogen-bond acceptors (Lipinski definition) is 5. The van der Waals surface area contributed by atoms with Crippen LogP contribution in [0.5, 0.6) is 5.75 Å². The molecule has 0 fully saturated rings. The average molecular weight is 497 g/mol. The number of H-pyrrole nitrogens is 1. The van der Waals surface area contributed by atoms with Gasteiger partial charge in [0.05, 0.1) is 18.4 Å². The summed E-state index contributed by atoms with van der Waals surface area (Å²) in [6, 6.07) is 12.4. The van der Waals surface area contributed by atoms with Crippen molar-refractivity contribution in [3.8, 4) is 5.75 Å². The molecule has 0 radical (unpaired) electrons. The zero-order valence-electron chi connectivity index (χ0n) is 19.1. The van der Waals surface area contributed by atoms with Crippen LogP contribution < -0.4 is 4.74 Å². The minimum absolute atomic E-state index is 0.0321. The number of ether oxygens (including phenoxy) is 2. The number of furan rings is 1. The molecule has 4 aromatic rings. The summed E-state index contributed by atoms with van der Waals surface area (Å²) >= 11 is 6.06. The highest BCUT2D eigenvalue weighted by molar-refractivity contribution is 6.31. The number of halogens is 2. The molecule has 0 unspecified atom stereocenters. The lowest BCUT2D eigenvalue weighted by atomic mass is 9.94. The predicted octanol–water partition coefficient (Wildman–Crippen LogP) is 5.41. The molecule has 0 saturated heterocycles. The van der Waals surface area contributed by atoms with Gasteiger partial charge in [-0.1, -0.05) is 11.6 Å². The van der Waals surface area contributed by atoms with Crippen LogP contribution in [0, 0.1) is 5.82 Å². The third kappa shape index (κ3) is 4.25. The number of aromatic nitrogens is 1. The number of hydrogen-bond donors (Lipinski definition) is 1. The van der Waals surface area contributed by atoms with Crippen LogP contribution in [0.2, 0.25) is 5.02 Å². The van der Waals surface area contributed by atoms with Crippen molar-refractivity contribution < 1.29 is 27.9 Å². The predicted molar refractivity (Wildman–Crippen MR) is 127 cm³/mol. The third-order valence-electron chi connectivity index (χ3n) is 6.12. The second kappa shape index (κ2) is 9.11. The standard InChI is InChI=1S/C26H22ClFN2O5/c1-14(31)34-13-17-5-8-23(35-17)25-24-18(19-12-16(33-2)4-7-22(19)29-24)9-10-30(25)26(32)20-11-15(27)3-6-21(20)28/h3-8,11-12,25,29H,9-10,13H2,1-2H3/t25-/m1/s1. The molecule has 7 nitrogen and oxygen atoms in total. The molecule has 3 heterocycles. The Hall–Kier alpha value is -3.78. The average Bonchev–Trinajstić information content (AvgIpc) is 3.47. The molecule has 9 heteroatoms. The second-order valence-corrected chi connectivity index (χ2v) is 8.72. The first-order chi connectivity index (χ1) is 16.9. The number of esters is 1. The lowest BCUT2D eigenvalue weighted by molar-refractivity contribution is -0.142. The molecule has 35 heavy (non-hydrogen) atoms. The lowest BCUT2D eigenvalue weighted by Gasteiger charge is -2.35. The Kier molecular flexibility index (Phi) is 5.98. The highest BCUT2D eigenvalue weighted by Crippen LogP contribution is 2.40. The summed E-state index contributed by atoms with van der Waals surface area (Å²) in [6.45, 7) is 1.61. The van der Waals surface area contributed by atoms with Crippen molar-refractivity contribution in [3.05, 3.63) is 87.7 Å². The van der Waals surface area contributed by atoms with Gasteiger partial charge in [0.2, 0.25) is 0 Å². The Balaban J connectivity index is 1.62. The fourth-order valence-electron chi connectivity index (χ4n) is 4.52. The Bertz CT molecular complexity index is 1440. The quantitative estimate of drug-likeness (QED) is 0.373. The monoisotopic (exact) mass is 496 g/mol. The minimum atomic E-state index is -0.658. The molecule has 2 aromatic heterocycles. The number of aromatic amines is 1. The van der Waals surface area contributed by atoms with Gasteiger partial charge in [0, 0.05) is 29.4 Å². The van der Waals surface area contributed by atoms with E-state index in [1.807, 2.05) is 18.2 Å². The minimum Gasteiger partial charge on any atom is -0.497 e. The third-order valence-corrected chi connectivity index (χ3v) is 6.36. The first-order valence-corrected chi connectivity index (χ1v) is 11.4. The molecule has 180 valence electrons. The maximum atomic E-state index is 14.6. The van der Waals surface area contributed by atoms with Gasteiger partial charge < -0.3 is 23.8 Å². The Labute approximate surface area is 205 Å². The maximum Gasteiger partial charge on any atom is 0.303 e. The molecular formula is C26H22ClFN2O5. The number of methoxy groups -OCH3 is 1. The molecular weight excluding hydrogens is 475 g/mol. The van der Waals surface area contributed by atoms with Crippen molar-refractivity contribution >= 4 is 34.4 Å². The van der Waals surface area contributed by atoms with Gasteiger partial charge in [0.25, 0.3) is 5.91 Å². The van der Waals surface area contributed by atoms with Crippen molar-refractivity contribution in [3.63, 3.8) is 0 Å². The Morgan fingerprint density at radius 3 is 2.80 bits per heavy atom. The first-order valence-electron chi connectivity index (χ1n) is 11.0. The molecule has 1 amide bonds. The van der Waals surface area contributed by atoms with E-state index in [1.54, 1.807) is 24.1 Å². The van der Waals surface area contributed by atoms with Crippen LogP contribution in [0.3, 0.4) is 0 Å². The summed E-state index contributed by atoms with van der Waals surface area (Å²) in [7, 11) is 1.61. The van der Waals surface area contributed by atoms with Crippen LogP contribution in [0.25, 0.3) is 10.9 Å². The molecule has 5 rings (SSSR count). The Morgan fingerprint density at radius 1 is 1.20 bits per heavy atom. The number of rotatable bonds is 5. The normalized spacial score (nSPS) is 15.2. The van der Waals surface area contributed by atoms with Crippen molar-refractivity contribution in [1.82, 2.24) is 9.88 Å². The second-order valence-electron chi connectivity index (χ2n) is 8.29. The number of fused-ring (bicyclic) bond motifs is 3. The van der Waals surface area contributed by atoms with Gasteiger partial charge in [-0.2, -0.15) is 0 Å². The molecule has 0 bridgehead atoms. The van der Waals surface area contributed by atoms with Gasteiger partial charge in [-0.15, -0.1) is 0 Å². The first kappa shape index (κ1) is 23.0. The smallest absolute Gasteiger partial charge is 0.303 e. The van der Waals surface area contributed by atoms with Gasteiger partial charge in [-0.3, -0.25) is 9.59 Å². The molecule has 0 saturated carbocycles. The van der Waals surface area contributed by atoms with Crippen molar-refractivity contribution in [2.75, 3.05) is 13.7 Å². The number of nitrogens with one attached hydrogen (secondary N) is 1. The van der Waals surface area contributed by atoms with E-state index in [0.29, 0.717) is 24.5 Å². The Morgan fingerprint density at radius 2 is 2.03 bits per heavy atom. The zero-order valence-corrected chi connectivity index (χ0v) is 19.8. The van der Waals surface area contributed by atoms with E-state index >= 15 is 0 Å². The van der Waals surface area contributed by atoms with E-state index in [1.165, 1.54) is 25.1 Å². The molecule has 2 aromatic carbocycles. The van der Waals surface area contributed by atoms with Gasteiger partial charge in [-0.05, 0) is 60.5 Å². The van der Waals surface area contributed by atoms with E-state index < -0.39 is 23.7 Å². The maximum absolute atomic E-state index is 14.6. The summed E-state index contributed by atoms with van der Waals surface area (Å²) in [6.07, 6.45) is 0.550. The summed E-state index contributed by atoms with van der Waals surface area (Å²) in [5.74, 6) is 0.0247. The molecule has 1 N–H and O–H groups in total. The molecule has 1 atom stereocenters. The topological polar surface area (TPSA) is 84.8 Å². The molecule has 0 spiro atoms. The van der Waals surface area contributed by atoms with E-state index in [4.69, 9.17) is 25.5 Å². The number of carbonyl (C=O) groups is 2. The molecule has 1 aliphatic heterocycles. The zero-order chi connectivity index (χ0) is 24.7. The number of amides is 1. The van der Waals surface area contributed by atoms with E-state index in [-0.39, 0.29) is 17.2 Å². The van der Waals surface area contributed by atoms with E-state index in [9.17, 15) is 14.0 Å².